The van der Waals surface area contributed by atoms with Crippen LogP contribution < -0.4 is 9.64 Å². The number of anilines is 1. The number of halogens is 4. The largest absolute Gasteiger partial charge is 0.484 e. The molecule has 0 aliphatic carbocycles. The molecule has 150 valence electrons. The summed E-state index contributed by atoms with van der Waals surface area (Å²) in [5.41, 5.74) is -0.985. The van der Waals surface area contributed by atoms with Gasteiger partial charge in [-0.05, 0) is 31.2 Å². The van der Waals surface area contributed by atoms with E-state index in [9.17, 15) is 22.4 Å². The number of aromatic nitrogens is 2. The first-order chi connectivity index (χ1) is 13.2. The van der Waals surface area contributed by atoms with Gasteiger partial charge >= 0.3 is 6.18 Å². The van der Waals surface area contributed by atoms with Gasteiger partial charge in [-0.2, -0.15) is 13.2 Å². The number of carbonyl (C=O) groups excluding carboxylic acids is 1. The van der Waals surface area contributed by atoms with Gasteiger partial charge in [0.15, 0.2) is 6.61 Å². The number of carbonyl (C=O) groups is 1. The van der Waals surface area contributed by atoms with Crippen molar-refractivity contribution in [3.8, 4) is 5.75 Å². The summed E-state index contributed by atoms with van der Waals surface area (Å²) in [5, 5.41) is 0. The molecular weight excluding hydrogens is 380 g/mol. The van der Waals surface area contributed by atoms with Crippen molar-refractivity contribution in [2.75, 3.05) is 37.7 Å². The average Bonchev–Trinajstić information content (AvgIpc) is 2.66. The zero-order valence-corrected chi connectivity index (χ0v) is 15.0. The van der Waals surface area contributed by atoms with Gasteiger partial charge in [-0.1, -0.05) is 0 Å². The van der Waals surface area contributed by atoms with E-state index in [1.54, 1.807) is 9.80 Å². The van der Waals surface area contributed by atoms with Crippen LogP contribution in [-0.2, 0) is 11.0 Å². The number of hydrogen-bond donors (Lipinski definition) is 0. The van der Waals surface area contributed by atoms with Gasteiger partial charge in [0.25, 0.3) is 5.91 Å². The van der Waals surface area contributed by atoms with E-state index in [4.69, 9.17) is 4.74 Å². The summed E-state index contributed by atoms with van der Waals surface area (Å²) in [6, 6.07) is 6.24. The summed E-state index contributed by atoms with van der Waals surface area (Å²) in [7, 11) is 0. The van der Waals surface area contributed by atoms with Crippen LogP contribution in [0.5, 0.6) is 5.75 Å². The Morgan fingerprint density at radius 1 is 1.11 bits per heavy atom. The normalized spacial score (nSPS) is 14.9. The van der Waals surface area contributed by atoms with Gasteiger partial charge in [0.1, 0.15) is 28.9 Å². The van der Waals surface area contributed by atoms with Gasteiger partial charge < -0.3 is 14.5 Å². The molecule has 0 saturated carbocycles. The number of alkyl halides is 3. The smallest absolute Gasteiger partial charge is 0.433 e. The van der Waals surface area contributed by atoms with Crippen LogP contribution in [0, 0.1) is 12.7 Å². The van der Waals surface area contributed by atoms with Gasteiger partial charge in [-0.25, -0.2) is 14.4 Å². The van der Waals surface area contributed by atoms with Gasteiger partial charge in [0, 0.05) is 32.2 Å². The molecule has 2 aromatic rings. The Balaban J connectivity index is 1.56. The highest BCUT2D eigenvalue weighted by Gasteiger charge is 2.34. The molecule has 1 aromatic heterocycles. The standard InChI is InChI=1S/C18H18F4N4O2/c1-12-23-15(18(20,21)22)10-16(24-12)25-6-8-26(9-7-25)17(27)11-28-14-4-2-13(19)3-5-14/h2-5,10H,6-9,11H2,1H3. The summed E-state index contributed by atoms with van der Waals surface area (Å²) in [5.74, 6) is -0.0442. The number of ether oxygens (including phenoxy) is 1. The molecule has 0 radical (unpaired) electrons. The predicted molar refractivity (Wildman–Crippen MR) is 92.5 cm³/mol. The van der Waals surface area contributed by atoms with Crippen molar-refractivity contribution in [2.24, 2.45) is 0 Å². The summed E-state index contributed by atoms with van der Waals surface area (Å²) >= 11 is 0. The summed E-state index contributed by atoms with van der Waals surface area (Å²) in [6.45, 7) is 2.56. The van der Waals surface area contributed by atoms with E-state index in [-0.39, 0.29) is 24.2 Å². The maximum absolute atomic E-state index is 12.9. The maximum atomic E-state index is 12.9. The molecule has 10 heteroatoms. The maximum Gasteiger partial charge on any atom is 0.433 e. The molecule has 3 rings (SSSR count). The second-order valence-electron chi connectivity index (χ2n) is 6.27. The lowest BCUT2D eigenvalue weighted by Crippen LogP contribution is -2.50. The fourth-order valence-corrected chi connectivity index (χ4v) is 2.81. The quantitative estimate of drug-likeness (QED) is 0.742. The second kappa shape index (κ2) is 7.99. The first kappa shape index (κ1) is 19.8. The highest BCUT2D eigenvalue weighted by atomic mass is 19.4. The summed E-state index contributed by atoms with van der Waals surface area (Å²) in [4.78, 5) is 23.0. The molecule has 0 unspecified atom stereocenters. The van der Waals surface area contributed by atoms with Crippen LogP contribution >= 0.6 is 0 Å². The van der Waals surface area contributed by atoms with Crippen molar-refractivity contribution < 1.29 is 27.1 Å². The van der Waals surface area contributed by atoms with Crippen LogP contribution in [0.4, 0.5) is 23.4 Å². The molecular formula is C18H18F4N4O2. The third-order valence-electron chi connectivity index (χ3n) is 4.25. The summed E-state index contributed by atoms with van der Waals surface area (Å²) in [6.07, 6.45) is -4.54. The Labute approximate surface area is 158 Å². The molecule has 1 fully saturated rings. The highest BCUT2D eigenvalue weighted by molar-refractivity contribution is 5.78. The number of rotatable bonds is 4. The van der Waals surface area contributed by atoms with E-state index in [1.807, 2.05) is 0 Å². The third kappa shape index (κ3) is 4.87. The molecule has 1 saturated heterocycles. The minimum Gasteiger partial charge on any atom is -0.484 e. The summed E-state index contributed by atoms with van der Waals surface area (Å²) < 4.78 is 57.0. The zero-order valence-electron chi connectivity index (χ0n) is 15.0. The minimum absolute atomic E-state index is 0.0380. The molecule has 0 spiro atoms. The van der Waals surface area contributed by atoms with Crippen LogP contribution in [0.3, 0.4) is 0 Å². The van der Waals surface area contributed by atoms with E-state index in [0.717, 1.165) is 6.07 Å². The number of benzene rings is 1. The van der Waals surface area contributed by atoms with Crippen molar-refractivity contribution in [3.05, 3.63) is 47.7 Å². The van der Waals surface area contributed by atoms with Crippen molar-refractivity contribution in [2.45, 2.75) is 13.1 Å². The van der Waals surface area contributed by atoms with Crippen LogP contribution in [0.2, 0.25) is 0 Å². The Morgan fingerprint density at radius 3 is 2.36 bits per heavy atom. The van der Waals surface area contributed by atoms with E-state index >= 15 is 0 Å². The number of hydrogen-bond acceptors (Lipinski definition) is 5. The monoisotopic (exact) mass is 398 g/mol. The average molecular weight is 398 g/mol. The van der Waals surface area contributed by atoms with Crippen molar-refractivity contribution in [1.82, 2.24) is 14.9 Å². The molecule has 1 aliphatic heterocycles. The fraction of sp³-hybridized carbons (Fsp3) is 0.389. The minimum atomic E-state index is -4.54. The Bertz CT molecular complexity index is 834. The highest BCUT2D eigenvalue weighted by Crippen LogP contribution is 2.29. The number of amides is 1. The molecule has 2 heterocycles. The third-order valence-corrected chi connectivity index (χ3v) is 4.25. The van der Waals surface area contributed by atoms with Crippen molar-refractivity contribution in [3.63, 3.8) is 0 Å². The Kier molecular flexibility index (Phi) is 5.66. The van der Waals surface area contributed by atoms with Gasteiger partial charge in [0.2, 0.25) is 0 Å². The van der Waals surface area contributed by atoms with Crippen LogP contribution in [-0.4, -0.2) is 53.6 Å². The van der Waals surface area contributed by atoms with Crippen LogP contribution in [0.25, 0.3) is 0 Å². The fourth-order valence-electron chi connectivity index (χ4n) is 2.81. The second-order valence-corrected chi connectivity index (χ2v) is 6.27. The zero-order chi connectivity index (χ0) is 20.3. The van der Waals surface area contributed by atoms with E-state index in [1.165, 1.54) is 31.2 Å². The first-order valence-corrected chi connectivity index (χ1v) is 8.56. The number of nitrogens with zero attached hydrogens (tertiary/aromatic N) is 4. The number of aryl methyl sites for hydroxylation is 1. The van der Waals surface area contributed by atoms with E-state index < -0.39 is 17.7 Å². The van der Waals surface area contributed by atoms with Gasteiger partial charge in [-0.15, -0.1) is 0 Å². The predicted octanol–water partition coefficient (Wildman–Crippen LogP) is 2.67. The van der Waals surface area contributed by atoms with E-state index in [2.05, 4.69) is 9.97 Å². The Hall–Kier alpha value is -2.91. The molecule has 6 nitrogen and oxygen atoms in total. The molecule has 0 N–H and O–H groups in total. The van der Waals surface area contributed by atoms with Crippen molar-refractivity contribution in [1.29, 1.82) is 0 Å². The van der Waals surface area contributed by atoms with Crippen molar-refractivity contribution >= 4 is 11.7 Å². The molecule has 1 aromatic carbocycles. The van der Waals surface area contributed by atoms with Gasteiger partial charge in [-0.3, -0.25) is 4.79 Å². The Morgan fingerprint density at radius 2 is 1.75 bits per heavy atom. The number of piperazine rings is 1. The topological polar surface area (TPSA) is 58.6 Å². The molecule has 28 heavy (non-hydrogen) atoms. The SMILES string of the molecule is Cc1nc(N2CCN(C(=O)COc3ccc(F)cc3)CC2)cc(C(F)(F)F)n1. The van der Waals surface area contributed by atoms with Crippen LogP contribution in [0.1, 0.15) is 11.5 Å². The van der Waals surface area contributed by atoms with Crippen LogP contribution in [0.15, 0.2) is 30.3 Å². The lowest BCUT2D eigenvalue weighted by Gasteiger charge is -2.35. The van der Waals surface area contributed by atoms with Gasteiger partial charge in [0.05, 0.1) is 0 Å². The molecule has 0 atom stereocenters. The molecule has 1 aliphatic rings. The lowest BCUT2D eigenvalue weighted by atomic mass is 10.3. The molecule has 0 bridgehead atoms. The molecule has 1 amide bonds. The lowest BCUT2D eigenvalue weighted by molar-refractivity contribution is -0.141. The first-order valence-electron chi connectivity index (χ1n) is 8.56. The van der Waals surface area contributed by atoms with E-state index in [0.29, 0.717) is 31.9 Å².